The third kappa shape index (κ3) is 5.04. The van der Waals surface area contributed by atoms with Crippen LogP contribution in [0.3, 0.4) is 0 Å². The van der Waals surface area contributed by atoms with Crippen LogP contribution in [0.2, 0.25) is 0 Å². The number of hydrogen-bond acceptors (Lipinski definition) is 5. The van der Waals surface area contributed by atoms with Gasteiger partial charge in [0, 0.05) is 19.6 Å². The van der Waals surface area contributed by atoms with E-state index in [2.05, 4.69) is 10.6 Å². The molecule has 0 aromatic rings. The highest BCUT2D eigenvalue weighted by atomic mass is 19.1. The summed E-state index contributed by atoms with van der Waals surface area (Å²) in [4.78, 5) is 25.4. The van der Waals surface area contributed by atoms with Crippen molar-refractivity contribution in [3.8, 4) is 0 Å². The van der Waals surface area contributed by atoms with Crippen molar-refractivity contribution in [3.63, 3.8) is 0 Å². The maximum absolute atomic E-state index is 14.1. The van der Waals surface area contributed by atoms with E-state index in [1.165, 1.54) is 4.90 Å². The topological polar surface area (TPSA) is 79.9 Å². The monoisotopic (exact) mass is 331 g/mol. The second-order valence-electron chi connectivity index (χ2n) is 7.11. The van der Waals surface area contributed by atoms with Gasteiger partial charge in [-0.3, -0.25) is 4.79 Å². The normalized spacial score (nSPS) is 31.8. The Bertz CT molecular complexity index is 454. The summed E-state index contributed by atoms with van der Waals surface area (Å²) in [6.07, 6.45) is -2.59. The Morgan fingerprint density at radius 1 is 1.30 bits per heavy atom. The summed E-state index contributed by atoms with van der Waals surface area (Å²) in [7, 11) is 0. The Hall–Kier alpha value is -1.41. The third-order valence-corrected chi connectivity index (χ3v) is 3.68. The molecule has 132 valence electrons. The number of rotatable bonds is 2. The molecule has 0 aromatic carbocycles. The number of likely N-dealkylation sites (tertiary alicyclic amines) is 1. The number of nitrogens with one attached hydrogen (secondary N) is 2. The van der Waals surface area contributed by atoms with E-state index in [4.69, 9.17) is 9.47 Å². The molecule has 0 aromatic heterocycles. The molecule has 7 nitrogen and oxygen atoms in total. The van der Waals surface area contributed by atoms with Gasteiger partial charge in [0.25, 0.3) is 5.91 Å². The van der Waals surface area contributed by atoms with Gasteiger partial charge in [0.15, 0.2) is 0 Å². The number of amides is 2. The Morgan fingerprint density at radius 2 is 2.00 bits per heavy atom. The number of morpholine rings is 1. The number of halogens is 1. The first-order chi connectivity index (χ1) is 10.7. The van der Waals surface area contributed by atoms with Crippen molar-refractivity contribution in [2.75, 3.05) is 26.2 Å². The maximum Gasteiger partial charge on any atom is 0.410 e. The summed E-state index contributed by atoms with van der Waals surface area (Å²) in [6, 6.07) is -0.740. The second-order valence-corrected chi connectivity index (χ2v) is 7.11. The number of carbonyl (C=O) groups is 2. The molecule has 0 spiro atoms. The van der Waals surface area contributed by atoms with Crippen molar-refractivity contribution >= 4 is 12.0 Å². The van der Waals surface area contributed by atoms with Gasteiger partial charge in [0.05, 0.1) is 18.7 Å². The average Bonchev–Trinajstić information content (AvgIpc) is 2.78. The first kappa shape index (κ1) is 17.9. The molecule has 0 bridgehead atoms. The lowest BCUT2D eigenvalue weighted by Gasteiger charge is -2.29. The zero-order chi connectivity index (χ0) is 17.2. The van der Waals surface area contributed by atoms with Gasteiger partial charge < -0.3 is 25.0 Å². The van der Waals surface area contributed by atoms with Crippen LogP contribution in [0.5, 0.6) is 0 Å². The summed E-state index contributed by atoms with van der Waals surface area (Å²) >= 11 is 0. The van der Waals surface area contributed by atoms with Crippen LogP contribution < -0.4 is 10.6 Å². The zero-order valence-electron chi connectivity index (χ0n) is 14.1. The van der Waals surface area contributed by atoms with Gasteiger partial charge in [0.2, 0.25) is 0 Å². The molecule has 2 rings (SSSR count). The fraction of sp³-hybridized carbons (Fsp3) is 0.867. The van der Waals surface area contributed by atoms with Gasteiger partial charge in [-0.1, -0.05) is 0 Å². The molecule has 2 saturated heterocycles. The van der Waals surface area contributed by atoms with Crippen molar-refractivity contribution < 1.29 is 23.5 Å². The van der Waals surface area contributed by atoms with E-state index in [0.717, 1.165) is 0 Å². The minimum atomic E-state index is -1.32. The molecule has 2 heterocycles. The van der Waals surface area contributed by atoms with E-state index in [1.807, 2.05) is 6.92 Å². The van der Waals surface area contributed by atoms with Crippen LogP contribution in [0.4, 0.5) is 9.18 Å². The first-order valence-corrected chi connectivity index (χ1v) is 7.94. The van der Waals surface area contributed by atoms with Crippen LogP contribution in [0.15, 0.2) is 0 Å². The van der Waals surface area contributed by atoms with Crippen LogP contribution in [0, 0.1) is 0 Å². The van der Waals surface area contributed by atoms with Crippen LogP contribution in [0.1, 0.15) is 27.7 Å². The van der Waals surface area contributed by atoms with Crippen molar-refractivity contribution in [2.45, 2.75) is 57.7 Å². The standard InChI is InChI=1S/C15H26FN3O4/c1-9-5-17-6-12(22-9)13(20)18-11-8-19(7-10(11)16)14(21)23-15(2,3)4/h9-12,17H,5-8H2,1-4H3,(H,18,20)/t9-,10-,11+,12-/m1/s1. The molecule has 8 heteroatoms. The average molecular weight is 331 g/mol. The predicted octanol–water partition coefficient (Wildman–Crippen LogP) is 0.437. The molecule has 0 unspecified atom stereocenters. The fourth-order valence-corrected chi connectivity index (χ4v) is 2.60. The lowest BCUT2D eigenvalue weighted by atomic mass is 10.2. The fourth-order valence-electron chi connectivity index (χ4n) is 2.60. The molecule has 4 atom stereocenters. The van der Waals surface area contributed by atoms with Crippen molar-refractivity contribution in [2.24, 2.45) is 0 Å². The number of ether oxygens (including phenoxy) is 2. The van der Waals surface area contributed by atoms with Gasteiger partial charge >= 0.3 is 6.09 Å². The summed E-state index contributed by atoms with van der Waals surface area (Å²) in [5.74, 6) is -0.359. The van der Waals surface area contributed by atoms with Crippen LogP contribution in [-0.2, 0) is 14.3 Å². The highest BCUT2D eigenvalue weighted by molar-refractivity contribution is 5.81. The summed E-state index contributed by atoms with van der Waals surface area (Å²) in [5.41, 5.74) is -0.637. The first-order valence-electron chi connectivity index (χ1n) is 7.94. The molecule has 23 heavy (non-hydrogen) atoms. The van der Waals surface area contributed by atoms with Gasteiger partial charge in [-0.15, -0.1) is 0 Å². The molecule has 0 aliphatic carbocycles. The van der Waals surface area contributed by atoms with Crippen molar-refractivity contribution in [1.82, 2.24) is 15.5 Å². The van der Waals surface area contributed by atoms with Crippen molar-refractivity contribution in [3.05, 3.63) is 0 Å². The highest BCUT2D eigenvalue weighted by Gasteiger charge is 2.39. The molecule has 2 N–H and O–H groups in total. The van der Waals surface area contributed by atoms with E-state index in [0.29, 0.717) is 13.1 Å². The Kier molecular flexibility index (Phi) is 5.46. The lowest BCUT2D eigenvalue weighted by Crippen LogP contribution is -2.54. The predicted molar refractivity (Wildman–Crippen MR) is 81.8 cm³/mol. The third-order valence-electron chi connectivity index (χ3n) is 3.68. The number of alkyl halides is 1. The molecule has 2 fully saturated rings. The van der Waals surface area contributed by atoms with Crippen LogP contribution in [-0.4, -0.2) is 73.1 Å². The maximum atomic E-state index is 14.1. The Morgan fingerprint density at radius 3 is 2.61 bits per heavy atom. The SMILES string of the molecule is C[C@@H]1CNC[C@H](C(=O)N[C@H]2CN(C(=O)OC(C)(C)C)C[C@H]2F)O1. The molecular formula is C15H26FN3O4. The zero-order valence-corrected chi connectivity index (χ0v) is 14.1. The van der Waals surface area contributed by atoms with Gasteiger partial charge in [0.1, 0.15) is 17.9 Å². The van der Waals surface area contributed by atoms with E-state index >= 15 is 0 Å². The van der Waals surface area contributed by atoms with Gasteiger partial charge in [-0.25, -0.2) is 9.18 Å². The molecule has 0 saturated carbocycles. The van der Waals surface area contributed by atoms with Gasteiger partial charge in [-0.05, 0) is 27.7 Å². The summed E-state index contributed by atoms with van der Waals surface area (Å²) in [6.45, 7) is 8.22. The summed E-state index contributed by atoms with van der Waals surface area (Å²) in [5, 5.41) is 5.73. The molecular weight excluding hydrogens is 305 g/mol. The quantitative estimate of drug-likeness (QED) is 0.767. The second kappa shape index (κ2) is 7.00. The minimum Gasteiger partial charge on any atom is -0.444 e. The largest absolute Gasteiger partial charge is 0.444 e. The van der Waals surface area contributed by atoms with E-state index in [9.17, 15) is 14.0 Å². The molecule has 2 aliphatic rings. The van der Waals surface area contributed by atoms with Crippen LogP contribution >= 0.6 is 0 Å². The highest BCUT2D eigenvalue weighted by Crippen LogP contribution is 2.18. The van der Waals surface area contributed by atoms with Crippen LogP contribution in [0.25, 0.3) is 0 Å². The Labute approximate surface area is 135 Å². The summed E-state index contributed by atoms with van der Waals surface area (Å²) < 4.78 is 24.9. The molecule has 2 amide bonds. The number of carbonyl (C=O) groups excluding carboxylic acids is 2. The van der Waals surface area contributed by atoms with E-state index in [-0.39, 0.29) is 25.1 Å². The van der Waals surface area contributed by atoms with E-state index < -0.39 is 30.0 Å². The lowest BCUT2D eigenvalue weighted by molar-refractivity contribution is -0.139. The molecule has 2 aliphatic heterocycles. The minimum absolute atomic E-state index is 0.0671. The van der Waals surface area contributed by atoms with Crippen molar-refractivity contribution in [1.29, 1.82) is 0 Å². The number of hydrogen-bond donors (Lipinski definition) is 2. The number of nitrogens with zero attached hydrogens (tertiary/aromatic N) is 1. The molecule has 0 radical (unpaired) electrons. The van der Waals surface area contributed by atoms with Gasteiger partial charge in [-0.2, -0.15) is 0 Å². The smallest absolute Gasteiger partial charge is 0.410 e. The Balaban J connectivity index is 1.86. The van der Waals surface area contributed by atoms with E-state index in [1.54, 1.807) is 20.8 Å².